The average molecular weight is 312 g/mol. The van der Waals surface area contributed by atoms with E-state index in [1.54, 1.807) is 0 Å². The largest absolute Gasteiger partial charge is 0.322 e. The van der Waals surface area contributed by atoms with Crippen LogP contribution in [0.3, 0.4) is 0 Å². The van der Waals surface area contributed by atoms with E-state index in [1.165, 1.54) is 21.5 Å². The molecule has 24 heavy (non-hydrogen) atoms. The first kappa shape index (κ1) is 14.9. The first-order valence-corrected chi connectivity index (χ1v) is 8.22. The van der Waals surface area contributed by atoms with E-state index in [-0.39, 0.29) is 12.1 Å². The Labute approximate surface area is 141 Å². The van der Waals surface area contributed by atoms with Crippen LogP contribution in [0.15, 0.2) is 84.9 Å². The highest BCUT2D eigenvalue weighted by molar-refractivity contribution is 5.88. The van der Waals surface area contributed by atoms with Gasteiger partial charge in [-0.15, -0.1) is 0 Å². The first-order valence-electron chi connectivity index (χ1n) is 8.22. The van der Waals surface area contributed by atoms with Gasteiger partial charge in [0.05, 0.1) is 0 Å². The molecule has 0 bridgehead atoms. The van der Waals surface area contributed by atoms with Gasteiger partial charge < -0.3 is 11.5 Å². The van der Waals surface area contributed by atoms with Crippen LogP contribution in [0.25, 0.3) is 21.5 Å². The van der Waals surface area contributed by atoms with Crippen molar-refractivity contribution < 1.29 is 0 Å². The molecule has 0 unspecified atom stereocenters. The lowest BCUT2D eigenvalue weighted by Gasteiger charge is -2.23. The summed E-state index contributed by atoms with van der Waals surface area (Å²) in [6.07, 6.45) is 0. The number of benzene rings is 4. The number of hydrogen-bond acceptors (Lipinski definition) is 2. The number of fused-ring (bicyclic) bond motifs is 2. The maximum Gasteiger partial charge on any atom is 0.0497 e. The highest BCUT2D eigenvalue weighted by Crippen LogP contribution is 2.33. The predicted octanol–water partition coefficient (Wildman–Crippen LogP) is 4.69. The quantitative estimate of drug-likeness (QED) is 0.576. The minimum atomic E-state index is -0.262. The Balaban J connectivity index is 1.82. The van der Waals surface area contributed by atoms with Gasteiger partial charge in [0.2, 0.25) is 0 Å². The molecule has 0 aliphatic carbocycles. The van der Waals surface area contributed by atoms with Crippen LogP contribution in [-0.2, 0) is 0 Å². The van der Waals surface area contributed by atoms with Crippen LogP contribution in [0.5, 0.6) is 0 Å². The van der Waals surface area contributed by atoms with Gasteiger partial charge in [0, 0.05) is 12.1 Å². The molecule has 0 aliphatic rings. The molecular formula is C22H20N2. The van der Waals surface area contributed by atoms with E-state index < -0.39 is 0 Å². The van der Waals surface area contributed by atoms with Crippen LogP contribution in [-0.4, -0.2) is 0 Å². The third-order valence-electron chi connectivity index (χ3n) is 4.75. The monoisotopic (exact) mass is 312 g/mol. The molecule has 4 rings (SSSR count). The van der Waals surface area contributed by atoms with Crippen LogP contribution < -0.4 is 11.5 Å². The average Bonchev–Trinajstić information content (AvgIpc) is 2.66. The maximum atomic E-state index is 6.60. The molecule has 0 saturated heterocycles. The maximum absolute atomic E-state index is 6.60. The standard InChI is InChI=1S/C22H20N2/c23-21(19-13-5-9-15-7-1-3-11-17(15)19)22(24)20-14-6-10-16-8-2-4-12-18(16)20/h1-14,21-22H,23-24H2/t21-,22+. The summed E-state index contributed by atoms with van der Waals surface area (Å²) in [7, 11) is 0. The summed E-state index contributed by atoms with van der Waals surface area (Å²) < 4.78 is 0. The van der Waals surface area contributed by atoms with Crippen LogP contribution in [0, 0.1) is 0 Å². The minimum Gasteiger partial charge on any atom is -0.322 e. The van der Waals surface area contributed by atoms with Crippen molar-refractivity contribution in [1.82, 2.24) is 0 Å². The molecule has 0 amide bonds. The number of nitrogens with two attached hydrogens (primary N) is 2. The van der Waals surface area contributed by atoms with Crippen molar-refractivity contribution in [2.24, 2.45) is 11.5 Å². The molecule has 4 aromatic carbocycles. The molecule has 0 radical (unpaired) electrons. The molecular weight excluding hydrogens is 292 g/mol. The van der Waals surface area contributed by atoms with Gasteiger partial charge in [-0.3, -0.25) is 0 Å². The number of hydrogen-bond donors (Lipinski definition) is 2. The first-order chi connectivity index (χ1) is 11.8. The van der Waals surface area contributed by atoms with Gasteiger partial charge in [-0.2, -0.15) is 0 Å². The third-order valence-corrected chi connectivity index (χ3v) is 4.75. The van der Waals surface area contributed by atoms with Crippen molar-refractivity contribution >= 4 is 21.5 Å². The highest BCUT2D eigenvalue weighted by atomic mass is 14.8. The van der Waals surface area contributed by atoms with Gasteiger partial charge in [-0.1, -0.05) is 84.9 Å². The molecule has 2 atom stereocenters. The Bertz CT molecular complexity index is 913. The summed E-state index contributed by atoms with van der Waals surface area (Å²) in [5.41, 5.74) is 15.4. The van der Waals surface area contributed by atoms with Crippen molar-refractivity contribution in [3.8, 4) is 0 Å². The van der Waals surface area contributed by atoms with Crippen molar-refractivity contribution in [2.75, 3.05) is 0 Å². The Kier molecular flexibility index (Phi) is 3.77. The Morgan fingerprint density at radius 3 is 1.29 bits per heavy atom. The predicted molar refractivity (Wildman–Crippen MR) is 102 cm³/mol. The molecule has 0 heterocycles. The zero-order valence-electron chi connectivity index (χ0n) is 13.4. The summed E-state index contributed by atoms with van der Waals surface area (Å²) in [5.74, 6) is 0. The second-order valence-electron chi connectivity index (χ2n) is 6.19. The van der Waals surface area contributed by atoms with E-state index in [4.69, 9.17) is 11.5 Å². The van der Waals surface area contributed by atoms with Gasteiger partial charge in [0.1, 0.15) is 0 Å². The smallest absolute Gasteiger partial charge is 0.0497 e. The van der Waals surface area contributed by atoms with Crippen molar-refractivity contribution in [1.29, 1.82) is 0 Å². The molecule has 0 saturated carbocycles. The molecule has 118 valence electrons. The fourth-order valence-corrected chi connectivity index (χ4v) is 3.47. The van der Waals surface area contributed by atoms with Gasteiger partial charge in [0.15, 0.2) is 0 Å². The molecule has 0 aromatic heterocycles. The molecule has 0 aliphatic heterocycles. The van der Waals surface area contributed by atoms with Crippen molar-refractivity contribution in [3.63, 3.8) is 0 Å². The van der Waals surface area contributed by atoms with Gasteiger partial charge in [-0.05, 0) is 32.7 Å². The fraction of sp³-hybridized carbons (Fsp3) is 0.0909. The van der Waals surface area contributed by atoms with Gasteiger partial charge in [0.25, 0.3) is 0 Å². The Morgan fingerprint density at radius 1 is 0.458 bits per heavy atom. The Hall–Kier alpha value is -2.68. The molecule has 2 nitrogen and oxygen atoms in total. The molecule has 0 spiro atoms. The zero-order valence-corrected chi connectivity index (χ0v) is 13.4. The summed E-state index contributed by atoms with van der Waals surface area (Å²) in [6.45, 7) is 0. The lowest BCUT2D eigenvalue weighted by Crippen LogP contribution is -2.26. The van der Waals surface area contributed by atoms with Gasteiger partial charge >= 0.3 is 0 Å². The van der Waals surface area contributed by atoms with E-state index >= 15 is 0 Å². The van der Waals surface area contributed by atoms with Crippen LogP contribution >= 0.6 is 0 Å². The molecule has 4 N–H and O–H groups in total. The lowest BCUT2D eigenvalue weighted by atomic mass is 9.89. The lowest BCUT2D eigenvalue weighted by molar-refractivity contribution is 0.581. The summed E-state index contributed by atoms with van der Waals surface area (Å²) in [4.78, 5) is 0. The summed E-state index contributed by atoms with van der Waals surface area (Å²) in [6, 6.07) is 28.6. The highest BCUT2D eigenvalue weighted by Gasteiger charge is 2.20. The van der Waals surface area contributed by atoms with Crippen LogP contribution in [0.1, 0.15) is 23.2 Å². The second kappa shape index (κ2) is 6.08. The number of rotatable bonds is 3. The fourth-order valence-electron chi connectivity index (χ4n) is 3.47. The van der Waals surface area contributed by atoms with E-state index in [0.29, 0.717) is 0 Å². The SMILES string of the molecule is N[C@H](c1cccc2ccccc12)[C@@H](N)c1cccc2ccccc12. The normalized spacial score (nSPS) is 13.9. The van der Waals surface area contributed by atoms with Crippen molar-refractivity contribution in [2.45, 2.75) is 12.1 Å². The van der Waals surface area contributed by atoms with Crippen molar-refractivity contribution in [3.05, 3.63) is 96.1 Å². The molecule has 0 fully saturated rings. The van der Waals surface area contributed by atoms with Crippen LogP contribution in [0.2, 0.25) is 0 Å². The third kappa shape index (κ3) is 2.46. The van der Waals surface area contributed by atoms with E-state index in [0.717, 1.165) is 11.1 Å². The summed E-state index contributed by atoms with van der Waals surface area (Å²) in [5, 5.41) is 4.72. The second-order valence-corrected chi connectivity index (χ2v) is 6.19. The minimum absolute atomic E-state index is 0.262. The van der Waals surface area contributed by atoms with E-state index in [9.17, 15) is 0 Å². The zero-order chi connectivity index (χ0) is 16.5. The van der Waals surface area contributed by atoms with E-state index in [1.807, 2.05) is 36.4 Å². The molecule has 4 aromatic rings. The Morgan fingerprint density at radius 2 is 0.833 bits per heavy atom. The summed E-state index contributed by atoms with van der Waals surface area (Å²) >= 11 is 0. The van der Waals surface area contributed by atoms with Crippen LogP contribution in [0.4, 0.5) is 0 Å². The molecule has 2 heteroatoms. The van der Waals surface area contributed by atoms with Gasteiger partial charge in [-0.25, -0.2) is 0 Å². The topological polar surface area (TPSA) is 52.0 Å². The van der Waals surface area contributed by atoms with E-state index in [2.05, 4.69) is 48.5 Å².